The highest BCUT2D eigenvalue weighted by atomic mass is 35.5. The van der Waals surface area contributed by atoms with Crippen molar-refractivity contribution in [3.05, 3.63) is 52.0 Å². The van der Waals surface area contributed by atoms with Gasteiger partial charge in [-0.05, 0) is 36.8 Å². The summed E-state index contributed by atoms with van der Waals surface area (Å²) >= 11 is 12.0. The molecule has 0 saturated heterocycles. The molecule has 0 aliphatic rings. The molecule has 0 aliphatic heterocycles. The van der Waals surface area contributed by atoms with Gasteiger partial charge in [-0.25, -0.2) is 0 Å². The van der Waals surface area contributed by atoms with Crippen molar-refractivity contribution >= 4 is 28.9 Å². The summed E-state index contributed by atoms with van der Waals surface area (Å²) in [6.45, 7) is 3.14. The fourth-order valence-corrected chi connectivity index (χ4v) is 2.39. The molecule has 2 rings (SSSR count). The molecule has 0 atom stereocenters. The highest BCUT2D eigenvalue weighted by Crippen LogP contribution is 2.30. The van der Waals surface area contributed by atoms with Crippen LogP contribution in [-0.4, -0.2) is 13.7 Å². The first kappa shape index (κ1) is 15.8. The maximum absolute atomic E-state index is 6.15. The molecule has 0 aromatic heterocycles. The van der Waals surface area contributed by atoms with Crippen LogP contribution >= 0.6 is 23.2 Å². The van der Waals surface area contributed by atoms with Gasteiger partial charge in [0.05, 0.1) is 13.7 Å². The van der Waals surface area contributed by atoms with Gasteiger partial charge in [0.15, 0.2) is 11.5 Å². The molecule has 0 radical (unpaired) electrons. The first-order chi connectivity index (χ1) is 10.1. The average Bonchev–Trinajstić information content (AvgIpc) is 2.47. The molecule has 0 heterocycles. The highest BCUT2D eigenvalue weighted by Gasteiger charge is 2.06. The van der Waals surface area contributed by atoms with E-state index in [1.807, 2.05) is 37.3 Å². The first-order valence-electron chi connectivity index (χ1n) is 6.62. The van der Waals surface area contributed by atoms with Crippen LogP contribution < -0.4 is 14.8 Å². The Balaban J connectivity index is 2.09. The maximum atomic E-state index is 6.15. The summed E-state index contributed by atoms with van der Waals surface area (Å²) < 4.78 is 10.8. The van der Waals surface area contributed by atoms with Crippen molar-refractivity contribution in [1.29, 1.82) is 0 Å². The fraction of sp³-hybridized carbons (Fsp3) is 0.250. The summed E-state index contributed by atoms with van der Waals surface area (Å²) in [5.41, 5.74) is 1.91. The quantitative estimate of drug-likeness (QED) is 0.809. The second-order valence-electron chi connectivity index (χ2n) is 4.39. The minimum Gasteiger partial charge on any atom is -0.493 e. The lowest BCUT2D eigenvalue weighted by molar-refractivity contribution is 0.311. The summed E-state index contributed by atoms with van der Waals surface area (Å²) in [5, 5.41) is 4.58. The Hall–Kier alpha value is -1.58. The fourth-order valence-electron chi connectivity index (χ4n) is 1.91. The summed E-state index contributed by atoms with van der Waals surface area (Å²) in [6.07, 6.45) is 0. The number of anilines is 1. The summed E-state index contributed by atoms with van der Waals surface area (Å²) in [6, 6.07) is 11.2. The lowest BCUT2D eigenvalue weighted by Crippen LogP contribution is -2.01. The Labute approximate surface area is 134 Å². The van der Waals surface area contributed by atoms with Crippen LogP contribution in [0.2, 0.25) is 10.0 Å². The third kappa shape index (κ3) is 4.19. The van der Waals surface area contributed by atoms with Crippen molar-refractivity contribution < 1.29 is 9.47 Å². The normalized spacial score (nSPS) is 10.3. The SMILES string of the molecule is CCOc1ccc(NCc2ccc(Cl)cc2Cl)cc1OC. The Morgan fingerprint density at radius 2 is 1.86 bits per heavy atom. The van der Waals surface area contributed by atoms with Gasteiger partial charge >= 0.3 is 0 Å². The molecule has 3 nitrogen and oxygen atoms in total. The van der Waals surface area contributed by atoms with Gasteiger partial charge in [0.2, 0.25) is 0 Å². The number of hydrogen-bond acceptors (Lipinski definition) is 3. The maximum Gasteiger partial charge on any atom is 0.162 e. The van der Waals surface area contributed by atoms with Crippen LogP contribution in [0.15, 0.2) is 36.4 Å². The van der Waals surface area contributed by atoms with E-state index in [1.54, 1.807) is 13.2 Å². The minimum atomic E-state index is 0.601. The smallest absolute Gasteiger partial charge is 0.162 e. The van der Waals surface area contributed by atoms with Gasteiger partial charge in [-0.1, -0.05) is 29.3 Å². The predicted octanol–water partition coefficient (Wildman–Crippen LogP) is 5.01. The zero-order chi connectivity index (χ0) is 15.2. The molecule has 0 fully saturated rings. The molecular weight excluding hydrogens is 309 g/mol. The number of nitrogens with one attached hydrogen (secondary N) is 1. The number of rotatable bonds is 6. The average molecular weight is 326 g/mol. The van der Waals surface area contributed by atoms with Gasteiger partial charge in [-0.3, -0.25) is 0 Å². The van der Waals surface area contributed by atoms with E-state index in [9.17, 15) is 0 Å². The van der Waals surface area contributed by atoms with Crippen molar-refractivity contribution in [2.45, 2.75) is 13.5 Å². The lowest BCUT2D eigenvalue weighted by Gasteiger charge is -2.13. The van der Waals surface area contributed by atoms with E-state index in [1.165, 1.54) is 0 Å². The summed E-state index contributed by atoms with van der Waals surface area (Å²) in [4.78, 5) is 0. The van der Waals surface area contributed by atoms with Crippen molar-refractivity contribution in [2.24, 2.45) is 0 Å². The second kappa shape index (κ2) is 7.43. The molecule has 0 spiro atoms. The van der Waals surface area contributed by atoms with Crippen LogP contribution in [0.5, 0.6) is 11.5 Å². The van der Waals surface area contributed by atoms with Gasteiger partial charge in [0.25, 0.3) is 0 Å². The monoisotopic (exact) mass is 325 g/mol. The zero-order valence-electron chi connectivity index (χ0n) is 12.0. The number of ether oxygens (including phenoxy) is 2. The second-order valence-corrected chi connectivity index (χ2v) is 5.23. The van der Waals surface area contributed by atoms with E-state index >= 15 is 0 Å². The summed E-state index contributed by atoms with van der Waals surface area (Å²) in [5.74, 6) is 1.43. The Bertz CT molecular complexity index is 617. The molecule has 0 bridgehead atoms. The summed E-state index contributed by atoms with van der Waals surface area (Å²) in [7, 11) is 1.62. The standard InChI is InChI=1S/C16H17Cl2NO2/c1-3-21-15-7-6-13(9-16(15)20-2)19-10-11-4-5-12(17)8-14(11)18/h4-9,19H,3,10H2,1-2H3. The van der Waals surface area contributed by atoms with E-state index in [0.717, 1.165) is 17.0 Å². The van der Waals surface area contributed by atoms with Crippen molar-refractivity contribution in [3.8, 4) is 11.5 Å². The zero-order valence-corrected chi connectivity index (χ0v) is 13.5. The van der Waals surface area contributed by atoms with E-state index < -0.39 is 0 Å². The van der Waals surface area contributed by atoms with E-state index in [-0.39, 0.29) is 0 Å². The molecule has 2 aromatic rings. The van der Waals surface area contributed by atoms with E-state index in [4.69, 9.17) is 32.7 Å². The Morgan fingerprint density at radius 1 is 1.05 bits per heavy atom. The number of halogens is 2. The van der Waals surface area contributed by atoms with Crippen molar-refractivity contribution in [2.75, 3.05) is 19.0 Å². The highest BCUT2D eigenvalue weighted by molar-refractivity contribution is 6.35. The lowest BCUT2D eigenvalue weighted by atomic mass is 10.2. The number of hydrogen-bond donors (Lipinski definition) is 1. The molecule has 21 heavy (non-hydrogen) atoms. The van der Waals surface area contributed by atoms with E-state index in [2.05, 4.69) is 5.32 Å². The number of benzene rings is 2. The van der Waals surface area contributed by atoms with Gasteiger partial charge < -0.3 is 14.8 Å². The number of methoxy groups -OCH3 is 1. The minimum absolute atomic E-state index is 0.601. The van der Waals surface area contributed by atoms with Gasteiger partial charge in [-0.2, -0.15) is 0 Å². The van der Waals surface area contributed by atoms with Crippen LogP contribution in [0.1, 0.15) is 12.5 Å². The van der Waals surface area contributed by atoms with Crippen LogP contribution in [0.25, 0.3) is 0 Å². The van der Waals surface area contributed by atoms with Gasteiger partial charge in [0.1, 0.15) is 0 Å². The van der Waals surface area contributed by atoms with Crippen LogP contribution in [0, 0.1) is 0 Å². The van der Waals surface area contributed by atoms with Crippen LogP contribution in [0.4, 0.5) is 5.69 Å². The molecule has 2 aromatic carbocycles. The third-order valence-electron chi connectivity index (χ3n) is 2.96. The molecule has 0 saturated carbocycles. The van der Waals surface area contributed by atoms with Gasteiger partial charge in [0, 0.05) is 28.3 Å². The van der Waals surface area contributed by atoms with Crippen LogP contribution in [0.3, 0.4) is 0 Å². The predicted molar refractivity (Wildman–Crippen MR) is 88.0 cm³/mol. The molecule has 0 aliphatic carbocycles. The Kier molecular flexibility index (Phi) is 5.59. The third-order valence-corrected chi connectivity index (χ3v) is 3.55. The molecule has 5 heteroatoms. The molecule has 0 unspecified atom stereocenters. The van der Waals surface area contributed by atoms with E-state index in [0.29, 0.717) is 28.9 Å². The van der Waals surface area contributed by atoms with Crippen molar-refractivity contribution in [1.82, 2.24) is 0 Å². The first-order valence-corrected chi connectivity index (χ1v) is 7.38. The van der Waals surface area contributed by atoms with Crippen LogP contribution in [-0.2, 0) is 6.54 Å². The van der Waals surface area contributed by atoms with Gasteiger partial charge in [-0.15, -0.1) is 0 Å². The molecule has 112 valence electrons. The largest absolute Gasteiger partial charge is 0.493 e. The molecular formula is C16H17Cl2NO2. The van der Waals surface area contributed by atoms with Crippen molar-refractivity contribution in [3.63, 3.8) is 0 Å². The molecule has 0 amide bonds. The molecule has 1 N–H and O–H groups in total. The Morgan fingerprint density at radius 3 is 2.52 bits per heavy atom. The topological polar surface area (TPSA) is 30.5 Å².